The maximum Gasteiger partial charge on any atom is 0.223 e. The van der Waals surface area contributed by atoms with Gasteiger partial charge in [-0.05, 0) is 31.5 Å². The lowest BCUT2D eigenvalue weighted by Crippen LogP contribution is -2.27. The van der Waals surface area contributed by atoms with Crippen molar-refractivity contribution in [3.8, 4) is 0 Å². The van der Waals surface area contributed by atoms with Gasteiger partial charge in [-0.15, -0.1) is 12.4 Å². The van der Waals surface area contributed by atoms with Gasteiger partial charge in [-0.25, -0.2) is 8.78 Å². The van der Waals surface area contributed by atoms with Crippen LogP contribution in [-0.4, -0.2) is 19.0 Å². The number of nitrogens with one attached hydrogen (secondary N) is 1. The highest BCUT2D eigenvalue weighted by atomic mass is 35.5. The Hall–Kier alpha value is -1.20. The summed E-state index contributed by atoms with van der Waals surface area (Å²) in [5.41, 5.74) is 5.35. The van der Waals surface area contributed by atoms with Crippen molar-refractivity contribution in [2.24, 2.45) is 11.7 Å². The van der Waals surface area contributed by atoms with Gasteiger partial charge in [0.05, 0.1) is 0 Å². The molecule has 1 amide bonds. The molecule has 2 rings (SSSR count). The van der Waals surface area contributed by atoms with Gasteiger partial charge in [0.2, 0.25) is 5.91 Å². The first-order valence-electron chi connectivity index (χ1n) is 6.07. The van der Waals surface area contributed by atoms with Crippen LogP contribution in [0.3, 0.4) is 0 Å². The largest absolute Gasteiger partial charge is 0.356 e. The van der Waals surface area contributed by atoms with E-state index >= 15 is 0 Å². The van der Waals surface area contributed by atoms with Crippen LogP contribution in [0.15, 0.2) is 18.2 Å². The molecule has 0 bridgehead atoms. The second-order valence-corrected chi connectivity index (χ2v) is 4.52. The summed E-state index contributed by atoms with van der Waals surface area (Å²) in [6.45, 7) is 1.02. The third-order valence-electron chi connectivity index (χ3n) is 3.18. The number of carbonyl (C=O) groups excluding carboxylic acids is 1. The minimum absolute atomic E-state index is 0. The summed E-state index contributed by atoms with van der Waals surface area (Å²) in [6, 6.07) is 3.77. The minimum Gasteiger partial charge on any atom is -0.356 e. The van der Waals surface area contributed by atoms with E-state index < -0.39 is 11.6 Å². The Kier molecular flexibility index (Phi) is 5.69. The van der Waals surface area contributed by atoms with Crippen molar-refractivity contribution in [1.29, 1.82) is 0 Å². The van der Waals surface area contributed by atoms with E-state index in [1.807, 2.05) is 0 Å². The maximum atomic E-state index is 13.5. The number of rotatable bonds is 5. The Balaban J connectivity index is 0.00000180. The number of hydrogen-bond donors (Lipinski definition) is 2. The zero-order valence-electron chi connectivity index (χ0n) is 10.4. The van der Waals surface area contributed by atoms with E-state index in [1.165, 1.54) is 18.2 Å². The molecule has 0 saturated heterocycles. The monoisotopic (exact) mass is 290 g/mol. The lowest BCUT2D eigenvalue weighted by atomic mass is 10.1. The van der Waals surface area contributed by atoms with E-state index in [4.69, 9.17) is 5.73 Å². The average molecular weight is 291 g/mol. The summed E-state index contributed by atoms with van der Waals surface area (Å²) in [7, 11) is 0. The fourth-order valence-electron chi connectivity index (χ4n) is 2.11. The van der Waals surface area contributed by atoms with Gasteiger partial charge in [-0.2, -0.15) is 0 Å². The predicted octanol–water partition coefficient (Wildman–Crippen LogP) is 1.96. The fourth-order valence-corrected chi connectivity index (χ4v) is 2.11. The number of halogens is 3. The second-order valence-electron chi connectivity index (χ2n) is 4.52. The highest BCUT2D eigenvalue weighted by Gasteiger charge is 2.46. The van der Waals surface area contributed by atoms with Crippen LogP contribution in [0.4, 0.5) is 8.78 Å². The third-order valence-corrected chi connectivity index (χ3v) is 3.18. The summed E-state index contributed by atoms with van der Waals surface area (Å²) >= 11 is 0. The van der Waals surface area contributed by atoms with Crippen LogP contribution >= 0.6 is 12.4 Å². The van der Waals surface area contributed by atoms with E-state index in [-0.39, 0.29) is 35.7 Å². The smallest absolute Gasteiger partial charge is 0.223 e. The van der Waals surface area contributed by atoms with E-state index in [2.05, 4.69) is 5.32 Å². The molecule has 0 spiro atoms. The first-order valence-corrected chi connectivity index (χ1v) is 6.07. The standard InChI is InChI=1S/C13H16F2N2O.ClH/c14-10-3-1-4-11(15)12(10)8-7-9(8)13(18)17-6-2-5-16;/h1,3-4,8-9H,2,5-7,16H2,(H,17,18);1H. The lowest BCUT2D eigenvalue weighted by molar-refractivity contribution is -0.122. The number of benzene rings is 1. The lowest BCUT2D eigenvalue weighted by Gasteiger charge is -2.05. The van der Waals surface area contributed by atoms with Crippen LogP contribution in [-0.2, 0) is 4.79 Å². The molecule has 1 fully saturated rings. The summed E-state index contributed by atoms with van der Waals surface area (Å²) < 4.78 is 27.0. The molecule has 19 heavy (non-hydrogen) atoms. The molecule has 0 radical (unpaired) electrons. The van der Waals surface area contributed by atoms with Crippen molar-refractivity contribution in [2.75, 3.05) is 13.1 Å². The highest BCUT2D eigenvalue weighted by Crippen LogP contribution is 2.49. The predicted molar refractivity (Wildman–Crippen MR) is 71.1 cm³/mol. The van der Waals surface area contributed by atoms with E-state index in [0.717, 1.165) is 0 Å². The molecule has 1 aliphatic carbocycles. The molecule has 106 valence electrons. The van der Waals surface area contributed by atoms with Crippen LogP contribution in [0.1, 0.15) is 24.3 Å². The van der Waals surface area contributed by atoms with Gasteiger partial charge < -0.3 is 11.1 Å². The molecule has 2 atom stereocenters. The fraction of sp³-hybridized carbons (Fsp3) is 0.462. The Morgan fingerprint density at radius 3 is 2.58 bits per heavy atom. The van der Waals surface area contributed by atoms with Crippen LogP contribution < -0.4 is 11.1 Å². The molecule has 1 aliphatic rings. The molecule has 2 unspecified atom stereocenters. The quantitative estimate of drug-likeness (QED) is 0.815. The molecule has 1 saturated carbocycles. The third kappa shape index (κ3) is 3.64. The first-order chi connectivity index (χ1) is 8.65. The van der Waals surface area contributed by atoms with Gasteiger partial charge in [0.15, 0.2) is 0 Å². The van der Waals surface area contributed by atoms with Crippen molar-refractivity contribution in [2.45, 2.75) is 18.8 Å². The topological polar surface area (TPSA) is 55.1 Å². The zero-order chi connectivity index (χ0) is 13.1. The molecule has 6 heteroatoms. The van der Waals surface area contributed by atoms with Crippen LogP contribution in [0.5, 0.6) is 0 Å². The van der Waals surface area contributed by atoms with Crippen LogP contribution in [0.2, 0.25) is 0 Å². The van der Waals surface area contributed by atoms with Gasteiger partial charge in [-0.3, -0.25) is 4.79 Å². The summed E-state index contributed by atoms with van der Waals surface area (Å²) in [5.74, 6) is -1.93. The molecule has 0 aliphatic heterocycles. The summed E-state index contributed by atoms with van der Waals surface area (Å²) in [6.07, 6.45) is 1.21. The van der Waals surface area contributed by atoms with Crippen molar-refractivity contribution < 1.29 is 13.6 Å². The second kappa shape index (κ2) is 6.82. The van der Waals surface area contributed by atoms with Gasteiger partial charge in [0.1, 0.15) is 11.6 Å². The first kappa shape index (κ1) is 15.9. The van der Waals surface area contributed by atoms with E-state index in [1.54, 1.807) is 0 Å². The molecular formula is C13H17ClF2N2O. The molecule has 0 heterocycles. The maximum absolute atomic E-state index is 13.5. The number of amides is 1. The van der Waals surface area contributed by atoms with Crippen molar-refractivity contribution >= 4 is 18.3 Å². The molecule has 3 N–H and O–H groups in total. The SMILES string of the molecule is Cl.NCCCNC(=O)C1CC1c1c(F)cccc1F. The number of hydrogen-bond acceptors (Lipinski definition) is 2. The Morgan fingerprint density at radius 2 is 2.00 bits per heavy atom. The average Bonchev–Trinajstić information content (AvgIpc) is 3.09. The molecular weight excluding hydrogens is 274 g/mol. The Morgan fingerprint density at radius 1 is 1.37 bits per heavy atom. The molecule has 3 nitrogen and oxygen atoms in total. The van der Waals surface area contributed by atoms with Crippen LogP contribution in [0.25, 0.3) is 0 Å². The van der Waals surface area contributed by atoms with Gasteiger partial charge in [0, 0.05) is 23.9 Å². The molecule has 1 aromatic carbocycles. The highest BCUT2D eigenvalue weighted by molar-refractivity contribution is 5.85. The van der Waals surface area contributed by atoms with Gasteiger partial charge in [-0.1, -0.05) is 6.07 Å². The number of nitrogens with two attached hydrogens (primary N) is 1. The minimum atomic E-state index is -0.572. The summed E-state index contributed by atoms with van der Waals surface area (Å²) in [5, 5.41) is 2.72. The molecule has 1 aromatic rings. The zero-order valence-corrected chi connectivity index (χ0v) is 11.2. The van der Waals surface area contributed by atoms with Crippen LogP contribution in [0, 0.1) is 17.6 Å². The van der Waals surface area contributed by atoms with Crippen molar-refractivity contribution in [3.05, 3.63) is 35.4 Å². The summed E-state index contributed by atoms with van der Waals surface area (Å²) in [4.78, 5) is 11.7. The normalized spacial score (nSPS) is 20.6. The van der Waals surface area contributed by atoms with Gasteiger partial charge in [0.25, 0.3) is 0 Å². The Bertz CT molecular complexity index is 436. The van der Waals surface area contributed by atoms with Crippen molar-refractivity contribution in [3.63, 3.8) is 0 Å². The molecule has 0 aromatic heterocycles. The van der Waals surface area contributed by atoms with Gasteiger partial charge >= 0.3 is 0 Å². The van der Waals surface area contributed by atoms with E-state index in [0.29, 0.717) is 25.9 Å². The van der Waals surface area contributed by atoms with Crippen molar-refractivity contribution in [1.82, 2.24) is 5.32 Å². The Labute approximate surface area is 117 Å². The van der Waals surface area contributed by atoms with E-state index in [9.17, 15) is 13.6 Å². The number of carbonyl (C=O) groups is 1.